The summed E-state index contributed by atoms with van der Waals surface area (Å²) >= 11 is 0. The first-order chi connectivity index (χ1) is 9.15. The van der Waals surface area contributed by atoms with E-state index in [0.717, 1.165) is 11.3 Å². The molecule has 100 valence electrons. The summed E-state index contributed by atoms with van der Waals surface area (Å²) in [5.41, 5.74) is 11.1. The first-order valence-electron chi connectivity index (χ1n) is 6.68. The van der Waals surface area contributed by atoms with Gasteiger partial charge in [0.1, 0.15) is 5.75 Å². The molecule has 0 amide bonds. The highest BCUT2D eigenvalue weighted by molar-refractivity contribution is 5.46. The Bertz CT molecular complexity index is 543. The molecule has 0 saturated heterocycles. The van der Waals surface area contributed by atoms with Gasteiger partial charge in [0.25, 0.3) is 0 Å². The quantitative estimate of drug-likeness (QED) is 0.903. The van der Waals surface area contributed by atoms with Crippen LogP contribution in [0.4, 0.5) is 0 Å². The zero-order valence-electron chi connectivity index (χ0n) is 11.8. The smallest absolute Gasteiger partial charge is 0.124 e. The zero-order chi connectivity index (χ0) is 13.8. The summed E-state index contributed by atoms with van der Waals surface area (Å²) in [5, 5.41) is 0. The van der Waals surface area contributed by atoms with Crippen molar-refractivity contribution < 1.29 is 4.74 Å². The van der Waals surface area contributed by atoms with Crippen LogP contribution in [0.15, 0.2) is 42.5 Å². The van der Waals surface area contributed by atoms with E-state index in [1.165, 1.54) is 16.7 Å². The van der Waals surface area contributed by atoms with Crippen molar-refractivity contribution in [2.24, 2.45) is 5.73 Å². The van der Waals surface area contributed by atoms with E-state index in [1.807, 2.05) is 31.2 Å². The molecule has 0 radical (unpaired) electrons. The van der Waals surface area contributed by atoms with Gasteiger partial charge in [0.2, 0.25) is 0 Å². The fraction of sp³-hybridized carbons (Fsp3) is 0.294. The monoisotopic (exact) mass is 255 g/mol. The molecule has 1 unspecified atom stereocenters. The molecule has 0 aliphatic carbocycles. The summed E-state index contributed by atoms with van der Waals surface area (Å²) in [6.07, 6.45) is 0. The molecule has 0 aromatic heterocycles. The van der Waals surface area contributed by atoms with Crippen molar-refractivity contribution in [3.05, 3.63) is 64.7 Å². The van der Waals surface area contributed by atoms with Crippen molar-refractivity contribution in [1.29, 1.82) is 0 Å². The second kappa shape index (κ2) is 5.89. The topological polar surface area (TPSA) is 35.2 Å². The Balaban J connectivity index is 2.47. The molecule has 2 aromatic rings. The van der Waals surface area contributed by atoms with Crippen LogP contribution in [0.2, 0.25) is 0 Å². The van der Waals surface area contributed by atoms with Gasteiger partial charge in [-0.05, 0) is 43.5 Å². The molecule has 0 bridgehead atoms. The van der Waals surface area contributed by atoms with Crippen LogP contribution in [-0.4, -0.2) is 6.61 Å². The van der Waals surface area contributed by atoms with Crippen molar-refractivity contribution in [2.75, 3.05) is 6.61 Å². The molecule has 1 atom stereocenters. The SMILES string of the molecule is CCOc1ccccc1C(N)c1c(C)cccc1C. The van der Waals surface area contributed by atoms with Crippen LogP contribution < -0.4 is 10.5 Å². The lowest BCUT2D eigenvalue weighted by Gasteiger charge is -2.20. The number of rotatable bonds is 4. The van der Waals surface area contributed by atoms with Crippen LogP contribution in [0.1, 0.15) is 35.2 Å². The second-order valence-corrected chi connectivity index (χ2v) is 4.75. The van der Waals surface area contributed by atoms with E-state index >= 15 is 0 Å². The summed E-state index contributed by atoms with van der Waals surface area (Å²) < 4.78 is 5.68. The summed E-state index contributed by atoms with van der Waals surface area (Å²) in [6, 6.07) is 14.1. The first-order valence-corrected chi connectivity index (χ1v) is 6.68. The Morgan fingerprint density at radius 2 is 1.63 bits per heavy atom. The molecule has 19 heavy (non-hydrogen) atoms. The molecule has 2 aromatic carbocycles. The normalized spacial score (nSPS) is 12.2. The number of benzene rings is 2. The third-order valence-electron chi connectivity index (χ3n) is 3.41. The van der Waals surface area contributed by atoms with E-state index in [2.05, 4.69) is 32.0 Å². The van der Waals surface area contributed by atoms with Crippen LogP contribution in [0, 0.1) is 13.8 Å². The van der Waals surface area contributed by atoms with E-state index in [9.17, 15) is 0 Å². The van der Waals surface area contributed by atoms with Crippen molar-refractivity contribution in [2.45, 2.75) is 26.8 Å². The lowest BCUT2D eigenvalue weighted by Crippen LogP contribution is -2.16. The van der Waals surface area contributed by atoms with E-state index in [0.29, 0.717) is 6.61 Å². The van der Waals surface area contributed by atoms with Gasteiger partial charge < -0.3 is 10.5 Å². The minimum Gasteiger partial charge on any atom is -0.494 e. The molecule has 0 saturated carbocycles. The van der Waals surface area contributed by atoms with Crippen molar-refractivity contribution in [3.8, 4) is 5.75 Å². The van der Waals surface area contributed by atoms with Crippen LogP contribution in [-0.2, 0) is 0 Å². The largest absolute Gasteiger partial charge is 0.494 e. The molecule has 2 rings (SSSR count). The average molecular weight is 255 g/mol. The van der Waals surface area contributed by atoms with Gasteiger partial charge >= 0.3 is 0 Å². The molecule has 0 heterocycles. The molecule has 2 N–H and O–H groups in total. The Morgan fingerprint density at radius 3 is 2.26 bits per heavy atom. The molecule has 0 spiro atoms. The van der Waals surface area contributed by atoms with Gasteiger partial charge in [-0.3, -0.25) is 0 Å². The number of para-hydroxylation sites is 1. The van der Waals surface area contributed by atoms with Crippen LogP contribution in [0.5, 0.6) is 5.75 Å². The molecule has 0 aliphatic heterocycles. The maximum absolute atomic E-state index is 6.47. The number of hydrogen-bond donors (Lipinski definition) is 1. The second-order valence-electron chi connectivity index (χ2n) is 4.75. The third kappa shape index (κ3) is 2.79. The Labute approximate surface area is 115 Å². The van der Waals surface area contributed by atoms with Gasteiger partial charge in [-0.25, -0.2) is 0 Å². The van der Waals surface area contributed by atoms with Gasteiger partial charge in [0.05, 0.1) is 12.6 Å². The third-order valence-corrected chi connectivity index (χ3v) is 3.41. The van der Waals surface area contributed by atoms with Crippen LogP contribution >= 0.6 is 0 Å². The Hall–Kier alpha value is -1.80. The molecule has 2 heteroatoms. The fourth-order valence-electron chi connectivity index (χ4n) is 2.50. The number of ether oxygens (including phenoxy) is 1. The number of aryl methyl sites for hydroxylation is 2. The van der Waals surface area contributed by atoms with Gasteiger partial charge in [-0.1, -0.05) is 36.4 Å². The zero-order valence-corrected chi connectivity index (χ0v) is 11.8. The summed E-state index contributed by atoms with van der Waals surface area (Å²) in [7, 11) is 0. The van der Waals surface area contributed by atoms with E-state index in [-0.39, 0.29) is 6.04 Å². The van der Waals surface area contributed by atoms with Gasteiger partial charge in [0.15, 0.2) is 0 Å². The van der Waals surface area contributed by atoms with Crippen LogP contribution in [0.3, 0.4) is 0 Å². The first kappa shape index (κ1) is 13.6. The highest BCUT2D eigenvalue weighted by Gasteiger charge is 2.17. The van der Waals surface area contributed by atoms with Crippen molar-refractivity contribution >= 4 is 0 Å². The van der Waals surface area contributed by atoms with Gasteiger partial charge in [-0.15, -0.1) is 0 Å². The molecular formula is C17H21NO. The standard InChI is InChI=1S/C17H21NO/c1-4-19-15-11-6-5-10-14(15)17(18)16-12(2)8-7-9-13(16)3/h5-11,17H,4,18H2,1-3H3. The molecule has 0 fully saturated rings. The Kier molecular flexibility index (Phi) is 4.23. The lowest BCUT2D eigenvalue weighted by atomic mass is 9.91. The maximum atomic E-state index is 6.47. The number of hydrogen-bond acceptors (Lipinski definition) is 2. The predicted molar refractivity (Wildman–Crippen MR) is 79.6 cm³/mol. The minimum atomic E-state index is -0.149. The predicted octanol–water partition coefficient (Wildman–Crippen LogP) is 3.75. The summed E-state index contributed by atoms with van der Waals surface area (Å²) in [6.45, 7) is 6.84. The molecule has 0 aliphatic rings. The minimum absolute atomic E-state index is 0.149. The fourth-order valence-corrected chi connectivity index (χ4v) is 2.50. The van der Waals surface area contributed by atoms with Crippen molar-refractivity contribution in [1.82, 2.24) is 0 Å². The van der Waals surface area contributed by atoms with Gasteiger partial charge in [0, 0.05) is 5.56 Å². The lowest BCUT2D eigenvalue weighted by molar-refractivity contribution is 0.335. The summed E-state index contributed by atoms with van der Waals surface area (Å²) in [5.74, 6) is 0.875. The van der Waals surface area contributed by atoms with Gasteiger partial charge in [-0.2, -0.15) is 0 Å². The summed E-state index contributed by atoms with van der Waals surface area (Å²) in [4.78, 5) is 0. The Morgan fingerprint density at radius 1 is 1.00 bits per heavy atom. The van der Waals surface area contributed by atoms with Crippen LogP contribution in [0.25, 0.3) is 0 Å². The van der Waals surface area contributed by atoms with E-state index in [1.54, 1.807) is 0 Å². The van der Waals surface area contributed by atoms with Crippen molar-refractivity contribution in [3.63, 3.8) is 0 Å². The highest BCUT2D eigenvalue weighted by Crippen LogP contribution is 2.31. The average Bonchev–Trinajstić information content (AvgIpc) is 2.39. The van der Waals surface area contributed by atoms with E-state index < -0.39 is 0 Å². The number of nitrogens with two attached hydrogens (primary N) is 1. The molecular weight excluding hydrogens is 234 g/mol. The maximum Gasteiger partial charge on any atom is 0.124 e. The highest BCUT2D eigenvalue weighted by atomic mass is 16.5. The van der Waals surface area contributed by atoms with E-state index in [4.69, 9.17) is 10.5 Å². The molecule has 2 nitrogen and oxygen atoms in total.